The van der Waals surface area contributed by atoms with Gasteiger partial charge in [-0.3, -0.25) is 9.48 Å². The van der Waals surface area contributed by atoms with Crippen molar-refractivity contribution >= 4 is 33.1 Å². The van der Waals surface area contributed by atoms with Crippen LogP contribution in [-0.2, 0) is 13.1 Å². The van der Waals surface area contributed by atoms with E-state index >= 15 is 0 Å². The molecule has 0 aliphatic heterocycles. The fraction of sp³-hybridized carbons (Fsp3) is 0.286. The number of hydrogen-bond donors (Lipinski definition) is 1. The molecule has 20 heavy (non-hydrogen) atoms. The molecule has 0 fully saturated rings. The average Bonchev–Trinajstić information content (AvgIpc) is 3.12. The molecule has 0 saturated carbocycles. The summed E-state index contributed by atoms with van der Waals surface area (Å²) in [5.41, 5.74) is 2.54. The van der Waals surface area contributed by atoms with Gasteiger partial charge in [-0.1, -0.05) is 0 Å². The Morgan fingerprint density at radius 1 is 1.40 bits per heavy atom. The van der Waals surface area contributed by atoms with Gasteiger partial charge >= 0.3 is 0 Å². The van der Waals surface area contributed by atoms with Crippen molar-refractivity contribution in [2.45, 2.75) is 26.9 Å². The number of nitrogens with one attached hydrogen (secondary N) is 1. The van der Waals surface area contributed by atoms with Crippen LogP contribution in [0.4, 0.5) is 5.69 Å². The Labute approximate surface area is 120 Å². The van der Waals surface area contributed by atoms with Crippen molar-refractivity contribution in [3.8, 4) is 0 Å². The number of anilines is 1. The number of thiophene rings is 1. The van der Waals surface area contributed by atoms with Crippen molar-refractivity contribution in [3.05, 3.63) is 35.6 Å². The highest BCUT2D eigenvalue weighted by Gasteiger charge is 2.16. The summed E-state index contributed by atoms with van der Waals surface area (Å²) in [5, 5.41) is 9.10. The van der Waals surface area contributed by atoms with Crippen LogP contribution in [0.15, 0.2) is 29.9 Å². The van der Waals surface area contributed by atoms with Gasteiger partial charge in [0.15, 0.2) is 0 Å². The van der Waals surface area contributed by atoms with Crippen LogP contribution in [-0.4, -0.2) is 20.3 Å². The maximum Gasteiger partial charge on any atom is 0.272 e. The summed E-state index contributed by atoms with van der Waals surface area (Å²) in [6.07, 6.45) is 3.50. The summed E-state index contributed by atoms with van der Waals surface area (Å²) >= 11 is 1.65. The third-order valence-electron chi connectivity index (χ3n) is 3.29. The minimum absolute atomic E-state index is 0.0918. The lowest BCUT2D eigenvalue weighted by atomic mass is 10.4. The average molecular weight is 288 g/mol. The van der Waals surface area contributed by atoms with Crippen molar-refractivity contribution in [2.24, 2.45) is 0 Å². The summed E-state index contributed by atoms with van der Waals surface area (Å²) in [4.78, 5) is 12.4. The van der Waals surface area contributed by atoms with Crippen LogP contribution in [0.3, 0.4) is 0 Å². The molecule has 3 rings (SSSR count). The number of nitrogens with zero attached hydrogens (tertiary/aromatic N) is 3. The third kappa shape index (κ3) is 2.12. The molecule has 0 spiro atoms. The summed E-state index contributed by atoms with van der Waals surface area (Å²) in [7, 11) is 0. The van der Waals surface area contributed by atoms with Gasteiger partial charge in [0.2, 0.25) is 0 Å². The maximum atomic E-state index is 12.4. The zero-order valence-corrected chi connectivity index (χ0v) is 12.3. The summed E-state index contributed by atoms with van der Waals surface area (Å²) in [5.74, 6) is -0.0918. The van der Waals surface area contributed by atoms with E-state index in [-0.39, 0.29) is 5.91 Å². The van der Waals surface area contributed by atoms with Crippen LogP contribution in [0.5, 0.6) is 0 Å². The van der Waals surface area contributed by atoms with Crippen LogP contribution in [0.1, 0.15) is 24.3 Å². The van der Waals surface area contributed by atoms with E-state index in [1.54, 1.807) is 22.2 Å². The van der Waals surface area contributed by atoms with Crippen molar-refractivity contribution in [1.29, 1.82) is 0 Å². The molecule has 3 aromatic rings. The molecule has 0 radical (unpaired) electrons. The number of aromatic nitrogens is 3. The molecule has 0 saturated heterocycles. The monoisotopic (exact) mass is 288 g/mol. The zero-order chi connectivity index (χ0) is 14.1. The quantitative estimate of drug-likeness (QED) is 0.801. The van der Waals surface area contributed by atoms with Gasteiger partial charge in [-0.15, -0.1) is 11.3 Å². The molecule has 104 valence electrons. The molecule has 0 aromatic carbocycles. The van der Waals surface area contributed by atoms with Crippen LogP contribution >= 0.6 is 11.3 Å². The van der Waals surface area contributed by atoms with Gasteiger partial charge in [0.25, 0.3) is 5.91 Å². The Kier molecular flexibility index (Phi) is 3.31. The first-order valence-electron chi connectivity index (χ1n) is 6.63. The van der Waals surface area contributed by atoms with Crippen LogP contribution < -0.4 is 5.32 Å². The Morgan fingerprint density at radius 2 is 2.25 bits per heavy atom. The molecule has 5 nitrogen and oxygen atoms in total. The summed E-state index contributed by atoms with van der Waals surface area (Å²) < 4.78 is 4.96. The van der Waals surface area contributed by atoms with Gasteiger partial charge in [0.1, 0.15) is 5.69 Å². The van der Waals surface area contributed by atoms with E-state index in [1.807, 2.05) is 36.1 Å². The standard InChI is InChI=1S/C14H16N4OS/c1-3-17-9-10(8-15-17)16-14(19)12-7-13-11(5-6-20-13)18(12)4-2/h5-9H,3-4H2,1-2H3,(H,16,19). The summed E-state index contributed by atoms with van der Waals surface area (Å²) in [6.45, 7) is 5.62. The number of carbonyl (C=O) groups is 1. The molecule has 6 heteroatoms. The third-order valence-corrected chi connectivity index (χ3v) is 4.14. The molecule has 0 atom stereocenters. The molecule has 1 N–H and O–H groups in total. The largest absolute Gasteiger partial charge is 0.336 e. The van der Waals surface area contributed by atoms with Crippen LogP contribution in [0.25, 0.3) is 10.2 Å². The molecule has 0 bridgehead atoms. The summed E-state index contributed by atoms with van der Waals surface area (Å²) in [6, 6.07) is 4.00. The van der Waals surface area contributed by atoms with E-state index in [1.165, 1.54) is 0 Å². The second kappa shape index (κ2) is 5.13. The molecule has 0 aliphatic rings. The van der Waals surface area contributed by atoms with Crippen molar-refractivity contribution in [1.82, 2.24) is 14.3 Å². The molecule has 0 unspecified atom stereocenters. The van der Waals surface area contributed by atoms with Crippen molar-refractivity contribution < 1.29 is 4.79 Å². The number of rotatable bonds is 4. The molecular formula is C14H16N4OS. The van der Waals surface area contributed by atoms with E-state index in [4.69, 9.17) is 0 Å². The van der Waals surface area contributed by atoms with Gasteiger partial charge in [0, 0.05) is 19.3 Å². The fourth-order valence-corrected chi connectivity index (χ4v) is 3.12. The Hall–Kier alpha value is -2.08. The number of carbonyl (C=O) groups excluding carboxylic acids is 1. The topological polar surface area (TPSA) is 51.9 Å². The van der Waals surface area contributed by atoms with E-state index in [0.29, 0.717) is 5.69 Å². The van der Waals surface area contributed by atoms with Crippen molar-refractivity contribution in [3.63, 3.8) is 0 Å². The Bertz CT molecular complexity index is 752. The molecule has 1 amide bonds. The Balaban J connectivity index is 1.89. The normalized spacial score (nSPS) is 11.1. The van der Waals surface area contributed by atoms with E-state index < -0.39 is 0 Å². The molecule has 3 aromatic heterocycles. The number of hydrogen-bond acceptors (Lipinski definition) is 3. The van der Waals surface area contributed by atoms with Crippen LogP contribution in [0.2, 0.25) is 0 Å². The highest BCUT2D eigenvalue weighted by atomic mass is 32.1. The van der Waals surface area contributed by atoms with Crippen LogP contribution in [0, 0.1) is 0 Å². The van der Waals surface area contributed by atoms with Gasteiger partial charge in [-0.05, 0) is 31.4 Å². The van der Waals surface area contributed by atoms with E-state index in [2.05, 4.69) is 16.5 Å². The SMILES string of the molecule is CCn1cc(NC(=O)c2cc3sccc3n2CC)cn1. The lowest BCUT2D eigenvalue weighted by Gasteiger charge is -2.07. The molecular weight excluding hydrogens is 272 g/mol. The van der Waals surface area contributed by atoms with Crippen molar-refractivity contribution in [2.75, 3.05) is 5.32 Å². The van der Waals surface area contributed by atoms with E-state index in [9.17, 15) is 4.79 Å². The Morgan fingerprint density at radius 3 is 2.95 bits per heavy atom. The lowest BCUT2D eigenvalue weighted by Crippen LogP contribution is -2.16. The molecule has 3 heterocycles. The highest BCUT2D eigenvalue weighted by molar-refractivity contribution is 7.17. The fourth-order valence-electron chi connectivity index (χ4n) is 2.30. The van der Waals surface area contributed by atoms with Gasteiger partial charge < -0.3 is 9.88 Å². The zero-order valence-electron chi connectivity index (χ0n) is 11.5. The van der Waals surface area contributed by atoms with E-state index in [0.717, 1.165) is 29.0 Å². The highest BCUT2D eigenvalue weighted by Crippen LogP contribution is 2.25. The first kappa shape index (κ1) is 12.9. The first-order valence-corrected chi connectivity index (χ1v) is 7.51. The predicted octanol–water partition coefficient (Wildman–Crippen LogP) is 3.19. The minimum Gasteiger partial charge on any atom is -0.336 e. The van der Waals surface area contributed by atoms with Gasteiger partial charge in [0.05, 0.1) is 22.1 Å². The minimum atomic E-state index is -0.0918. The molecule has 0 aliphatic carbocycles. The second-order valence-electron chi connectivity index (χ2n) is 4.48. The number of aryl methyl sites for hydroxylation is 2. The first-order chi connectivity index (χ1) is 9.72. The van der Waals surface area contributed by atoms with Gasteiger partial charge in [-0.25, -0.2) is 0 Å². The number of amides is 1. The number of fused-ring (bicyclic) bond motifs is 1. The van der Waals surface area contributed by atoms with Gasteiger partial charge in [-0.2, -0.15) is 5.10 Å². The smallest absolute Gasteiger partial charge is 0.272 e. The lowest BCUT2D eigenvalue weighted by molar-refractivity contribution is 0.101. The second-order valence-corrected chi connectivity index (χ2v) is 5.43. The predicted molar refractivity (Wildman–Crippen MR) is 81.3 cm³/mol. The maximum absolute atomic E-state index is 12.4.